The molecule has 2 aliphatic heterocycles. The molecule has 2 unspecified atom stereocenters. The lowest BCUT2D eigenvalue weighted by Gasteiger charge is -2.29. The first-order chi connectivity index (χ1) is 15.6. The highest BCUT2D eigenvalue weighted by Crippen LogP contribution is 2.29. The molecule has 0 amide bonds. The number of fused-ring (bicyclic) bond motifs is 1. The van der Waals surface area contributed by atoms with E-state index in [0.717, 1.165) is 29.9 Å². The number of amidine groups is 1. The Balaban J connectivity index is 0.00000176. The first-order valence-electron chi connectivity index (χ1n) is 10.7. The van der Waals surface area contributed by atoms with Crippen LogP contribution < -0.4 is 10.4 Å². The first kappa shape index (κ1) is 24.4. The monoisotopic (exact) mass is 431 g/mol. The highest BCUT2D eigenvalue weighted by atomic mass is 15.6. The van der Waals surface area contributed by atoms with Crippen molar-refractivity contribution in [2.24, 2.45) is 15.1 Å². The Morgan fingerprint density at radius 1 is 1.41 bits per heavy atom. The highest BCUT2D eigenvalue weighted by molar-refractivity contribution is 6.07. The quantitative estimate of drug-likeness (QED) is 0.493. The number of hydrazine groups is 1. The molecule has 166 valence electrons. The van der Waals surface area contributed by atoms with Gasteiger partial charge in [-0.15, -0.1) is 0 Å². The molecule has 9 heteroatoms. The number of hydrogen-bond donors (Lipinski definition) is 1. The van der Waals surface area contributed by atoms with Crippen molar-refractivity contribution < 1.29 is 0 Å². The van der Waals surface area contributed by atoms with E-state index in [1.165, 1.54) is 0 Å². The van der Waals surface area contributed by atoms with E-state index in [2.05, 4.69) is 51.1 Å². The first-order valence-corrected chi connectivity index (χ1v) is 10.7. The van der Waals surface area contributed by atoms with Crippen LogP contribution in [-0.2, 0) is 0 Å². The van der Waals surface area contributed by atoms with Crippen molar-refractivity contribution in [3.63, 3.8) is 0 Å². The largest absolute Gasteiger partial charge is 0.246 e. The Bertz CT molecular complexity index is 1010. The molecule has 1 aromatic heterocycles. The van der Waals surface area contributed by atoms with Gasteiger partial charge in [-0.2, -0.15) is 21.1 Å². The van der Waals surface area contributed by atoms with E-state index in [1.807, 2.05) is 20.8 Å². The van der Waals surface area contributed by atoms with Crippen LogP contribution in [0.3, 0.4) is 0 Å². The van der Waals surface area contributed by atoms with E-state index < -0.39 is 6.17 Å². The molecule has 0 radical (unpaired) electrons. The van der Waals surface area contributed by atoms with Gasteiger partial charge in [0.15, 0.2) is 11.7 Å². The van der Waals surface area contributed by atoms with Crippen molar-refractivity contribution in [1.82, 2.24) is 15.4 Å². The van der Waals surface area contributed by atoms with Crippen LogP contribution in [0.15, 0.2) is 57.3 Å². The Hall–Kier alpha value is -3.82. The molecule has 1 aromatic rings. The van der Waals surface area contributed by atoms with Crippen molar-refractivity contribution in [2.75, 3.05) is 5.01 Å². The van der Waals surface area contributed by atoms with E-state index in [4.69, 9.17) is 0 Å². The van der Waals surface area contributed by atoms with Crippen LogP contribution >= 0.6 is 0 Å². The van der Waals surface area contributed by atoms with Gasteiger partial charge in [0.25, 0.3) is 0 Å². The van der Waals surface area contributed by atoms with Crippen molar-refractivity contribution >= 4 is 24.2 Å². The molecular formula is C23H29N9. The molecule has 0 fully saturated rings. The molecule has 0 aliphatic carbocycles. The van der Waals surface area contributed by atoms with Crippen molar-refractivity contribution in [1.29, 1.82) is 10.5 Å². The van der Waals surface area contributed by atoms with Crippen LogP contribution in [0.1, 0.15) is 52.5 Å². The lowest BCUT2D eigenvalue weighted by atomic mass is 10.0. The average Bonchev–Trinajstić information content (AvgIpc) is 3.26. The van der Waals surface area contributed by atoms with Gasteiger partial charge in [0, 0.05) is 24.4 Å². The second-order valence-corrected chi connectivity index (χ2v) is 6.79. The maximum Gasteiger partial charge on any atom is 0.206 e. The molecule has 1 N–H and O–H groups in total. The molecule has 0 saturated carbocycles. The Morgan fingerprint density at radius 2 is 2.19 bits per heavy atom. The van der Waals surface area contributed by atoms with Gasteiger partial charge < -0.3 is 0 Å². The zero-order chi connectivity index (χ0) is 23.5. The molecule has 2 aliphatic rings. The van der Waals surface area contributed by atoms with Gasteiger partial charge in [-0.3, -0.25) is 0 Å². The van der Waals surface area contributed by atoms with Crippen LogP contribution in [0.25, 0.3) is 0 Å². The van der Waals surface area contributed by atoms with Crippen LogP contribution in [0.4, 0.5) is 5.82 Å². The van der Waals surface area contributed by atoms with Gasteiger partial charge in [-0.25, -0.2) is 25.0 Å². The number of allylic oxidation sites excluding steroid dienone is 1. The summed E-state index contributed by atoms with van der Waals surface area (Å²) in [6.45, 7) is 11.8. The normalized spacial score (nSPS) is 17.6. The predicted molar refractivity (Wildman–Crippen MR) is 128 cm³/mol. The Morgan fingerprint density at radius 3 is 2.84 bits per heavy atom. The Labute approximate surface area is 189 Å². The van der Waals surface area contributed by atoms with Gasteiger partial charge in [-0.1, -0.05) is 33.8 Å². The van der Waals surface area contributed by atoms with Crippen molar-refractivity contribution in [3.8, 4) is 12.1 Å². The van der Waals surface area contributed by atoms with Gasteiger partial charge in [0.1, 0.15) is 18.5 Å². The minimum absolute atomic E-state index is 0.143. The second-order valence-electron chi connectivity index (χ2n) is 6.79. The second kappa shape index (κ2) is 12.1. The maximum atomic E-state index is 9.48. The number of anilines is 1. The molecule has 3 heterocycles. The summed E-state index contributed by atoms with van der Waals surface area (Å²) in [6.07, 6.45) is 8.09. The third-order valence-corrected chi connectivity index (χ3v) is 4.64. The van der Waals surface area contributed by atoms with Crippen molar-refractivity contribution in [2.45, 2.75) is 59.2 Å². The smallest absolute Gasteiger partial charge is 0.206 e. The van der Waals surface area contributed by atoms with Gasteiger partial charge >= 0.3 is 0 Å². The fraction of sp³-hybridized carbons (Fsp3) is 0.391. The lowest BCUT2D eigenvalue weighted by molar-refractivity contribution is 0.460. The van der Waals surface area contributed by atoms with Crippen LogP contribution in [0.5, 0.6) is 0 Å². The summed E-state index contributed by atoms with van der Waals surface area (Å²) in [5, 5.41) is 26.6. The summed E-state index contributed by atoms with van der Waals surface area (Å²) in [5.74, 6) is 1.21. The highest BCUT2D eigenvalue weighted by Gasteiger charge is 2.31. The molecular weight excluding hydrogens is 402 g/mol. The SMILES string of the molecule is C=C/C=N\N(c1ncccc1C#N)C(C)CC1=C(CCC)C2=NC(C#N)NN2C=N1.CC. The topological polar surface area (TPSA) is 116 Å². The zero-order valence-corrected chi connectivity index (χ0v) is 19.0. The third-order valence-electron chi connectivity index (χ3n) is 4.64. The molecule has 0 aromatic carbocycles. The number of hydrogen-bond acceptors (Lipinski definition) is 9. The van der Waals surface area contributed by atoms with Gasteiger partial charge in [0.2, 0.25) is 6.17 Å². The van der Waals surface area contributed by atoms with Crippen molar-refractivity contribution in [3.05, 3.63) is 47.8 Å². The van der Waals surface area contributed by atoms with Gasteiger partial charge in [0.05, 0.1) is 17.3 Å². The summed E-state index contributed by atoms with van der Waals surface area (Å²) < 4.78 is 0. The summed E-state index contributed by atoms with van der Waals surface area (Å²) in [7, 11) is 0. The number of nitrogens with one attached hydrogen (secondary N) is 1. The lowest BCUT2D eigenvalue weighted by Crippen LogP contribution is -2.41. The molecule has 0 spiro atoms. The molecule has 0 saturated heterocycles. The van der Waals surface area contributed by atoms with E-state index in [1.54, 1.807) is 47.0 Å². The van der Waals surface area contributed by atoms with Crippen LogP contribution in [0.2, 0.25) is 0 Å². The number of hydrazone groups is 1. The number of nitrogens with zero attached hydrogens (tertiary/aromatic N) is 8. The molecule has 9 nitrogen and oxygen atoms in total. The predicted octanol–water partition coefficient (Wildman–Crippen LogP) is 3.90. The van der Waals surface area contributed by atoms with E-state index in [9.17, 15) is 10.5 Å². The summed E-state index contributed by atoms with van der Waals surface area (Å²) >= 11 is 0. The van der Waals surface area contributed by atoms with Crippen LogP contribution in [0, 0.1) is 22.7 Å². The fourth-order valence-electron chi connectivity index (χ4n) is 3.32. The van der Waals surface area contributed by atoms with E-state index >= 15 is 0 Å². The molecule has 2 atom stereocenters. The number of aliphatic imine (C=N–C) groups is 2. The number of rotatable bonds is 8. The minimum atomic E-state index is -0.615. The third kappa shape index (κ3) is 5.45. The Kier molecular flexibility index (Phi) is 9.27. The number of aromatic nitrogens is 1. The summed E-state index contributed by atoms with van der Waals surface area (Å²) in [5.41, 5.74) is 5.32. The van der Waals surface area contributed by atoms with Gasteiger partial charge in [-0.05, 0) is 31.6 Å². The molecule has 32 heavy (non-hydrogen) atoms. The van der Waals surface area contributed by atoms with Crippen LogP contribution in [-0.4, -0.2) is 40.6 Å². The number of pyridine rings is 1. The van der Waals surface area contributed by atoms with E-state index in [-0.39, 0.29) is 6.04 Å². The average molecular weight is 432 g/mol. The molecule has 3 rings (SSSR count). The molecule has 0 bridgehead atoms. The number of nitriles is 2. The minimum Gasteiger partial charge on any atom is -0.246 e. The fourth-order valence-corrected chi connectivity index (χ4v) is 3.32. The maximum absolute atomic E-state index is 9.48. The summed E-state index contributed by atoms with van der Waals surface area (Å²) in [4.78, 5) is 13.5. The van der Waals surface area contributed by atoms with E-state index in [0.29, 0.717) is 17.8 Å². The summed E-state index contributed by atoms with van der Waals surface area (Å²) in [6, 6.07) is 7.58. The zero-order valence-electron chi connectivity index (χ0n) is 19.0. The standard InChI is InChI=1S/C21H23N9.C2H6/c1-4-7-17-18(25-14-29-21(17)27-19(13-23)28-29)11-15(3)30(26-9-5-2)20-16(12-22)8-6-10-24-20;1-2/h5-6,8-10,14-15,19,28H,2,4,7,11H2,1,3H3;1-2H3/b26-9-;.